The molecule has 2 aromatic carbocycles. The lowest BCUT2D eigenvalue weighted by Gasteiger charge is -2.07. The second-order valence-electron chi connectivity index (χ2n) is 3.48. The van der Waals surface area contributed by atoms with Crippen LogP contribution in [0.15, 0.2) is 48.5 Å². The van der Waals surface area contributed by atoms with E-state index in [9.17, 15) is 0 Å². The summed E-state index contributed by atoms with van der Waals surface area (Å²) in [5.41, 5.74) is 8.41. The Morgan fingerprint density at radius 1 is 0.882 bits per heavy atom. The standard InChI is InChI=1S/C13H14N2O.ClH/c1-16-13-8-6-12(7-9-13)15-11-4-2-10(14)3-5-11;/h2-9,15H,14H2,1H3;1H. The van der Waals surface area contributed by atoms with Gasteiger partial charge in [-0.15, -0.1) is 12.4 Å². The highest BCUT2D eigenvalue weighted by Gasteiger charge is 1.95. The van der Waals surface area contributed by atoms with Crippen molar-refractivity contribution in [2.75, 3.05) is 18.2 Å². The maximum absolute atomic E-state index is 5.61. The highest BCUT2D eigenvalue weighted by atomic mass is 35.5. The van der Waals surface area contributed by atoms with E-state index in [2.05, 4.69) is 5.32 Å². The molecule has 0 atom stereocenters. The van der Waals surface area contributed by atoms with E-state index in [0.29, 0.717) is 0 Å². The largest absolute Gasteiger partial charge is 0.497 e. The number of nitrogens with two attached hydrogens (primary N) is 1. The molecule has 0 heterocycles. The molecule has 0 aromatic heterocycles. The highest BCUT2D eigenvalue weighted by Crippen LogP contribution is 2.20. The van der Waals surface area contributed by atoms with E-state index in [1.807, 2.05) is 48.5 Å². The van der Waals surface area contributed by atoms with Gasteiger partial charge in [-0.05, 0) is 48.5 Å². The van der Waals surface area contributed by atoms with Gasteiger partial charge < -0.3 is 15.8 Å². The van der Waals surface area contributed by atoms with Crippen molar-refractivity contribution in [3.8, 4) is 5.75 Å². The molecule has 4 heteroatoms. The number of nitrogen functional groups attached to an aromatic ring is 1. The minimum atomic E-state index is 0. The first-order valence-electron chi connectivity index (χ1n) is 5.04. The van der Waals surface area contributed by atoms with Crippen molar-refractivity contribution in [3.05, 3.63) is 48.5 Å². The predicted molar refractivity (Wildman–Crippen MR) is 74.4 cm³/mol. The summed E-state index contributed by atoms with van der Waals surface area (Å²) < 4.78 is 5.09. The Kier molecular flexibility index (Phi) is 4.67. The second-order valence-corrected chi connectivity index (χ2v) is 3.48. The van der Waals surface area contributed by atoms with Crippen molar-refractivity contribution in [3.63, 3.8) is 0 Å². The summed E-state index contributed by atoms with van der Waals surface area (Å²) in [4.78, 5) is 0. The molecule has 0 amide bonds. The van der Waals surface area contributed by atoms with Crippen LogP contribution >= 0.6 is 12.4 Å². The van der Waals surface area contributed by atoms with Gasteiger partial charge in [-0.25, -0.2) is 0 Å². The molecule has 3 N–H and O–H groups in total. The number of halogens is 1. The molecule has 3 nitrogen and oxygen atoms in total. The number of methoxy groups -OCH3 is 1. The number of anilines is 3. The summed E-state index contributed by atoms with van der Waals surface area (Å²) >= 11 is 0. The van der Waals surface area contributed by atoms with Gasteiger partial charge in [-0.1, -0.05) is 0 Å². The number of ether oxygens (including phenoxy) is 1. The molecule has 0 aliphatic rings. The first kappa shape index (κ1) is 13.2. The molecule has 2 aromatic rings. The lowest BCUT2D eigenvalue weighted by Crippen LogP contribution is -1.91. The topological polar surface area (TPSA) is 47.3 Å². The van der Waals surface area contributed by atoms with Gasteiger partial charge in [-0.3, -0.25) is 0 Å². The van der Waals surface area contributed by atoms with Crippen LogP contribution in [0.3, 0.4) is 0 Å². The van der Waals surface area contributed by atoms with E-state index in [1.54, 1.807) is 7.11 Å². The third-order valence-corrected chi connectivity index (χ3v) is 2.29. The minimum absolute atomic E-state index is 0. The number of benzene rings is 2. The summed E-state index contributed by atoms with van der Waals surface area (Å²) in [6.07, 6.45) is 0. The fourth-order valence-electron chi connectivity index (χ4n) is 1.41. The van der Waals surface area contributed by atoms with Crippen molar-refractivity contribution in [1.82, 2.24) is 0 Å². The monoisotopic (exact) mass is 250 g/mol. The Labute approximate surface area is 107 Å². The summed E-state index contributed by atoms with van der Waals surface area (Å²) in [6, 6.07) is 15.4. The van der Waals surface area contributed by atoms with Crippen LogP contribution in [0.2, 0.25) is 0 Å². The van der Waals surface area contributed by atoms with Crippen molar-refractivity contribution >= 4 is 29.5 Å². The first-order chi connectivity index (χ1) is 7.78. The summed E-state index contributed by atoms with van der Waals surface area (Å²) in [7, 11) is 1.66. The Balaban J connectivity index is 0.00000144. The third-order valence-electron chi connectivity index (χ3n) is 2.29. The van der Waals surface area contributed by atoms with E-state index in [0.717, 1.165) is 22.8 Å². The molecule has 0 aliphatic carbocycles. The average molecular weight is 251 g/mol. The molecule has 0 saturated heterocycles. The third kappa shape index (κ3) is 3.57. The zero-order valence-corrected chi connectivity index (χ0v) is 10.3. The molecule has 0 unspecified atom stereocenters. The molecule has 17 heavy (non-hydrogen) atoms. The van der Waals surface area contributed by atoms with Gasteiger partial charge in [0.15, 0.2) is 0 Å². The fraction of sp³-hybridized carbons (Fsp3) is 0.0769. The number of hydrogen-bond acceptors (Lipinski definition) is 3. The molecule has 0 aliphatic heterocycles. The SMILES string of the molecule is COc1ccc(Nc2ccc(N)cc2)cc1.Cl. The lowest BCUT2D eigenvalue weighted by atomic mass is 10.2. The highest BCUT2D eigenvalue weighted by molar-refractivity contribution is 5.85. The molecule has 0 bridgehead atoms. The van der Waals surface area contributed by atoms with Gasteiger partial charge in [0.05, 0.1) is 7.11 Å². The quantitative estimate of drug-likeness (QED) is 0.821. The average Bonchev–Trinajstić information content (AvgIpc) is 2.33. The lowest BCUT2D eigenvalue weighted by molar-refractivity contribution is 0.415. The van der Waals surface area contributed by atoms with E-state index >= 15 is 0 Å². The summed E-state index contributed by atoms with van der Waals surface area (Å²) in [5.74, 6) is 0.850. The van der Waals surface area contributed by atoms with E-state index in [4.69, 9.17) is 10.5 Å². The first-order valence-corrected chi connectivity index (χ1v) is 5.04. The van der Waals surface area contributed by atoms with Crippen LogP contribution in [0, 0.1) is 0 Å². The zero-order chi connectivity index (χ0) is 11.4. The van der Waals surface area contributed by atoms with Crippen LogP contribution in [0.1, 0.15) is 0 Å². The van der Waals surface area contributed by atoms with Crippen LogP contribution in [-0.2, 0) is 0 Å². The van der Waals surface area contributed by atoms with Gasteiger partial charge >= 0.3 is 0 Å². The summed E-state index contributed by atoms with van der Waals surface area (Å²) in [6.45, 7) is 0. The number of rotatable bonds is 3. The van der Waals surface area contributed by atoms with Gasteiger partial charge in [-0.2, -0.15) is 0 Å². The molecule has 0 radical (unpaired) electrons. The maximum Gasteiger partial charge on any atom is 0.119 e. The molecule has 0 fully saturated rings. The Morgan fingerprint density at radius 3 is 1.82 bits per heavy atom. The number of hydrogen-bond donors (Lipinski definition) is 2. The van der Waals surface area contributed by atoms with Gasteiger partial charge in [0.2, 0.25) is 0 Å². The van der Waals surface area contributed by atoms with Crippen molar-refractivity contribution < 1.29 is 4.74 Å². The van der Waals surface area contributed by atoms with Gasteiger partial charge in [0.1, 0.15) is 5.75 Å². The minimum Gasteiger partial charge on any atom is -0.497 e. The van der Waals surface area contributed by atoms with Crippen LogP contribution in [0.4, 0.5) is 17.1 Å². The molecule has 2 rings (SSSR count). The molecule has 90 valence electrons. The zero-order valence-electron chi connectivity index (χ0n) is 9.51. The smallest absolute Gasteiger partial charge is 0.119 e. The van der Waals surface area contributed by atoms with Gasteiger partial charge in [0.25, 0.3) is 0 Å². The predicted octanol–water partition coefficient (Wildman–Crippen LogP) is 3.44. The van der Waals surface area contributed by atoms with Crippen molar-refractivity contribution in [2.24, 2.45) is 0 Å². The van der Waals surface area contributed by atoms with Gasteiger partial charge in [0, 0.05) is 17.1 Å². The van der Waals surface area contributed by atoms with Crippen LogP contribution < -0.4 is 15.8 Å². The van der Waals surface area contributed by atoms with Crippen LogP contribution in [-0.4, -0.2) is 7.11 Å². The van der Waals surface area contributed by atoms with Crippen LogP contribution in [0.5, 0.6) is 5.75 Å². The molecular formula is C13H15ClN2O. The molecule has 0 saturated carbocycles. The van der Waals surface area contributed by atoms with E-state index in [-0.39, 0.29) is 12.4 Å². The van der Waals surface area contributed by atoms with Crippen molar-refractivity contribution in [2.45, 2.75) is 0 Å². The van der Waals surface area contributed by atoms with E-state index in [1.165, 1.54) is 0 Å². The molecular weight excluding hydrogens is 236 g/mol. The van der Waals surface area contributed by atoms with E-state index < -0.39 is 0 Å². The second kappa shape index (κ2) is 6.01. The Morgan fingerprint density at radius 2 is 1.35 bits per heavy atom. The normalized spacial score (nSPS) is 9.24. The Bertz CT molecular complexity index is 454. The number of nitrogens with one attached hydrogen (secondary N) is 1. The fourth-order valence-corrected chi connectivity index (χ4v) is 1.41. The Hall–Kier alpha value is -1.87. The summed E-state index contributed by atoms with van der Waals surface area (Å²) in [5, 5.41) is 3.27. The van der Waals surface area contributed by atoms with Crippen molar-refractivity contribution in [1.29, 1.82) is 0 Å². The van der Waals surface area contributed by atoms with Crippen LogP contribution in [0.25, 0.3) is 0 Å². The molecule has 0 spiro atoms. The maximum atomic E-state index is 5.61.